The highest BCUT2D eigenvalue weighted by molar-refractivity contribution is 7.17. The summed E-state index contributed by atoms with van der Waals surface area (Å²) in [6.07, 6.45) is 0. The van der Waals surface area contributed by atoms with Gasteiger partial charge in [-0.15, -0.1) is 11.3 Å². The van der Waals surface area contributed by atoms with Gasteiger partial charge < -0.3 is 11.6 Å². The summed E-state index contributed by atoms with van der Waals surface area (Å²) in [6, 6.07) is 1.73. The molecule has 12 heavy (non-hydrogen) atoms. The van der Waals surface area contributed by atoms with E-state index in [-0.39, 0.29) is 5.82 Å². The number of aromatic nitrogens is 2. The average Bonchev–Trinajstić information content (AvgIpc) is 2.48. The van der Waals surface area contributed by atoms with E-state index in [0.717, 1.165) is 9.38 Å². The first-order chi connectivity index (χ1) is 5.70. The van der Waals surface area contributed by atoms with Crippen LogP contribution in [0.4, 0.5) is 5.82 Å². The van der Waals surface area contributed by atoms with Crippen molar-refractivity contribution in [2.45, 2.75) is 0 Å². The molecule has 0 bridgehead atoms. The standard InChI is InChI=1S/C6H6N4OS/c7-5-4-3(1-2-12-4)9-6(11)10(5)8/h1-2H,7-8H2. The lowest BCUT2D eigenvalue weighted by atomic mass is 10.4. The zero-order valence-electron chi connectivity index (χ0n) is 6.02. The Hall–Kier alpha value is -1.56. The molecule has 6 heteroatoms. The Morgan fingerprint density at radius 2 is 2.33 bits per heavy atom. The monoisotopic (exact) mass is 182 g/mol. The van der Waals surface area contributed by atoms with E-state index in [1.807, 2.05) is 5.38 Å². The molecule has 0 spiro atoms. The molecule has 4 N–H and O–H groups in total. The van der Waals surface area contributed by atoms with Crippen LogP contribution < -0.4 is 17.3 Å². The van der Waals surface area contributed by atoms with E-state index in [2.05, 4.69) is 4.98 Å². The van der Waals surface area contributed by atoms with E-state index in [1.54, 1.807) is 6.07 Å². The fraction of sp³-hybridized carbons (Fsp3) is 0. The van der Waals surface area contributed by atoms with Gasteiger partial charge in [0.15, 0.2) is 0 Å². The fourth-order valence-corrected chi connectivity index (χ4v) is 1.74. The van der Waals surface area contributed by atoms with Crippen molar-refractivity contribution in [1.82, 2.24) is 9.66 Å². The quantitative estimate of drug-likeness (QED) is 0.550. The smallest absolute Gasteiger partial charge is 0.368 e. The summed E-state index contributed by atoms with van der Waals surface area (Å²) in [5.41, 5.74) is 5.64. The van der Waals surface area contributed by atoms with Crippen LogP contribution in [0.25, 0.3) is 10.2 Å². The van der Waals surface area contributed by atoms with Crippen LogP contribution in [0.3, 0.4) is 0 Å². The predicted octanol–water partition coefficient (Wildman–Crippen LogP) is -0.246. The third-order valence-electron chi connectivity index (χ3n) is 1.56. The summed E-state index contributed by atoms with van der Waals surface area (Å²) in [5.74, 6) is 5.59. The predicted molar refractivity (Wildman–Crippen MR) is 48.4 cm³/mol. The van der Waals surface area contributed by atoms with Crippen LogP contribution in [0.15, 0.2) is 16.2 Å². The Balaban J connectivity index is 3.04. The van der Waals surface area contributed by atoms with Gasteiger partial charge in [-0.05, 0) is 11.4 Å². The van der Waals surface area contributed by atoms with Crippen LogP contribution in [-0.4, -0.2) is 9.66 Å². The summed E-state index contributed by atoms with van der Waals surface area (Å²) in [6.45, 7) is 0. The molecule has 2 aromatic rings. The SMILES string of the molecule is Nc1c2sccc2nc(=O)n1N. The van der Waals surface area contributed by atoms with Gasteiger partial charge in [0.25, 0.3) is 0 Å². The van der Waals surface area contributed by atoms with E-state index in [4.69, 9.17) is 11.6 Å². The molecule has 0 aliphatic rings. The Morgan fingerprint density at radius 3 is 3.08 bits per heavy atom. The van der Waals surface area contributed by atoms with Gasteiger partial charge in [-0.25, -0.2) is 4.79 Å². The molecule has 0 saturated heterocycles. The number of fused-ring (bicyclic) bond motifs is 1. The molecule has 0 aliphatic heterocycles. The second kappa shape index (κ2) is 2.21. The first-order valence-electron chi connectivity index (χ1n) is 3.21. The van der Waals surface area contributed by atoms with E-state index in [9.17, 15) is 4.79 Å². The van der Waals surface area contributed by atoms with E-state index in [0.29, 0.717) is 5.52 Å². The van der Waals surface area contributed by atoms with Gasteiger partial charge in [-0.1, -0.05) is 0 Å². The number of nitrogens with zero attached hydrogens (tertiary/aromatic N) is 2. The maximum Gasteiger partial charge on any atom is 0.368 e. The minimum absolute atomic E-state index is 0.264. The second-order valence-corrected chi connectivity index (χ2v) is 3.20. The van der Waals surface area contributed by atoms with Crippen molar-refractivity contribution in [2.75, 3.05) is 11.6 Å². The number of thiophene rings is 1. The van der Waals surface area contributed by atoms with Crippen LogP contribution in [0, 0.1) is 0 Å². The second-order valence-electron chi connectivity index (χ2n) is 2.28. The average molecular weight is 182 g/mol. The van der Waals surface area contributed by atoms with Crippen molar-refractivity contribution in [3.63, 3.8) is 0 Å². The summed E-state index contributed by atoms with van der Waals surface area (Å²) in [5, 5.41) is 1.81. The van der Waals surface area contributed by atoms with Crippen LogP contribution in [-0.2, 0) is 0 Å². The van der Waals surface area contributed by atoms with Crippen molar-refractivity contribution < 1.29 is 0 Å². The molecule has 2 aromatic heterocycles. The van der Waals surface area contributed by atoms with Gasteiger partial charge in [0, 0.05) is 0 Å². The summed E-state index contributed by atoms with van der Waals surface area (Å²) in [4.78, 5) is 14.7. The van der Waals surface area contributed by atoms with E-state index >= 15 is 0 Å². The Labute approximate surface area is 71.2 Å². The van der Waals surface area contributed by atoms with Crippen molar-refractivity contribution >= 4 is 27.4 Å². The molecule has 0 saturated carbocycles. The van der Waals surface area contributed by atoms with Gasteiger partial charge >= 0.3 is 5.69 Å². The Morgan fingerprint density at radius 1 is 1.58 bits per heavy atom. The third kappa shape index (κ3) is 0.782. The van der Waals surface area contributed by atoms with Gasteiger partial charge in [0.05, 0.1) is 10.2 Å². The molecular weight excluding hydrogens is 176 g/mol. The number of hydrogen-bond acceptors (Lipinski definition) is 5. The largest absolute Gasteiger partial charge is 0.382 e. The highest BCUT2D eigenvalue weighted by Crippen LogP contribution is 2.21. The van der Waals surface area contributed by atoms with Crippen LogP contribution in [0.2, 0.25) is 0 Å². The fourth-order valence-electron chi connectivity index (χ4n) is 0.952. The molecule has 5 nitrogen and oxygen atoms in total. The highest BCUT2D eigenvalue weighted by atomic mass is 32.1. The molecule has 62 valence electrons. The van der Waals surface area contributed by atoms with Crippen LogP contribution in [0.1, 0.15) is 0 Å². The van der Waals surface area contributed by atoms with Gasteiger partial charge in [0.2, 0.25) is 0 Å². The zero-order chi connectivity index (χ0) is 8.72. The normalized spacial score (nSPS) is 10.7. The lowest BCUT2D eigenvalue weighted by Crippen LogP contribution is -2.31. The van der Waals surface area contributed by atoms with Crippen molar-refractivity contribution in [3.8, 4) is 0 Å². The van der Waals surface area contributed by atoms with E-state index in [1.165, 1.54) is 11.3 Å². The van der Waals surface area contributed by atoms with Crippen LogP contribution in [0.5, 0.6) is 0 Å². The molecular formula is C6H6N4OS. The Kier molecular flexibility index (Phi) is 1.31. The number of nitrogen functional groups attached to an aromatic ring is 2. The number of nitrogens with two attached hydrogens (primary N) is 2. The first-order valence-corrected chi connectivity index (χ1v) is 4.09. The molecule has 0 radical (unpaired) electrons. The van der Waals surface area contributed by atoms with Crippen molar-refractivity contribution in [3.05, 3.63) is 21.9 Å². The molecule has 0 aromatic carbocycles. The molecule has 0 aliphatic carbocycles. The van der Waals surface area contributed by atoms with Crippen molar-refractivity contribution in [1.29, 1.82) is 0 Å². The minimum atomic E-state index is -0.529. The molecule has 0 fully saturated rings. The topological polar surface area (TPSA) is 86.9 Å². The maximum atomic E-state index is 11.0. The van der Waals surface area contributed by atoms with Crippen molar-refractivity contribution in [2.24, 2.45) is 0 Å². The lowest BCUT2D eigenvalue weighted by molar-refractivity contribution is 0.907. The zero-order valence-corrected chi connectivity index (χ0v) is 6.84. The summed E-state index contributed by atoms with van der Waals surface area (Å²) >= 11 is 1.41. The summed E-state index contributed by atoms with van der Waals surface area (Å²) < 4.78 is 1.59. The number of anilines is 1. The Bertz CT molecular complexity index is 486. The minimum Gasteiger partial charge on any atom is -0.382 e. The van der Waals surface area contributed by atoms with Crippen LogP contribution >= 0.6 is 11.3 Å². The number of hydrogen-bond donors (Lipinski definition) is 2. The van der Waals surface area contributed by atoms with Gasteiger partial charge in [0.1, 0.15) is 5.82 Å². The van der Waals surface area contributed by atoms with Gasteiger partial charge in [-0.3, -0.25) is 0 Å². The number of rotatable bonds is 0. The molecule has 0 amide bonds. The van der Waals surface area contributed by atoms with E-state index < -0.39 is 5.69 Å². The molecule has 0 unspecified atom stereocenters. The molecule has 2 heterocycles. The summed E-state index contributed by atoms with van der Waals surface area (Å²) in [7, 11) is 0. The third-order valence-corrected chi connectivity index (χ3v) is 2.48. The molecule has 0 atom stereocenters. The first kappa shape index (κ1) is 7.11. The highest BCUT2D eigenvalue weighted by Gasteiger charge is 2.05. The van der Waals surface area contributed by atoms with Gasteiger partial charge in [-0.2, -0.15) is 9.66 Å². The maximum absolute atomic E-state index is 11.0. The lowest BCUT2D eigenvalue weighted by Gasteiger charge is -2.00. The molecule has 2 rings (SSSR count).